The average molecular weight is 365 g/mol. The highest BCUT2D eigenvalue weighted by molar-refractivity contribution is 9.09. The topological polar surface area (TPSA) is 18.5 Å². The third kappa shape index (κ3) is 5.53. The maximum atomic E-state index is 5.85. The van der Waals surface area contributed by atoms with Gasteiger partial charge in [0.2, 0.25) is 0 Å². The molecule has 0 amide bonds. The zero-order chi connectivity index (χ0) is 15.6. The van der Waals surface area contributed by atoms with Crippen LogP contribution < -0.4 is 9.47 Å². The lowest BCUT2D eigenvalue weighted by Gasteiger charge is -2.09. The fourth-order valence-electron chi connectivity index (χ4n) is 2.34. The molecule has 0 fully saturated rings. The highest BCUT2D eigenvalue weighted by Crippen LogP contribution is 2.25. The third-order valence-corrected chi connectivity index (χ3v) is 4.11. The van der Waals surface area contributed by atoms with Crippen LogP contribution >= 0.6 is 15.9 Å². The Bertz CT molecular complexity index is 568. The Morgan fingerprint density at radius 3 is 1.95 bits per heavy atom. The minimum Gasteiger partial charge on any atom is -0.494 e. The number of ether oxygens (including phenoxy) is 2. The number of alkyl halides is 1. The lowest BCUT2D eigenvalue weighted by atomic mass is 10.1. The van der Waals surface area contributed by atoms with E-state index in [0.29, 0.717) is 0 Å². The molecule has 2 aromatic rings. The predicted molar refractivity (Wildman–Crippen MR) is 97.5 cm³/mol. The molecule has 2 nitrogen and oxygen atoms in total. The van der Waals surface area contributed by atoms with E-state index in [-0.39, 0.29) is 0 Å². The van der Waals surface area contributed by atoms with Crippen molar-refractivity contribution in [3.05, 3.63) is 36.4 Å². The Morgan fingerprint density at radius 1 is 0.773 bits per heavy atom. The molecule has 0 aliphatic carbocycles. The van der Waals surface area contributed by atoms with E-state index in [4.69, 9.17) is 9.47 Å². The number of hydrogen-bond acceptors (Lipinski definition) is 2. The van der Waals surface area contributed by atoms with Crippen LogP contribution in [0.25, 0.3) is 10.8 Å². The first-order valence-electron chi connectivity index (χ1n) is 8.19. The first-order chi connectivity index (χ1) is 10.8. The molecule has 2 rings (SSSR count). The van der Waals surface area contributed by atoms with Crippen molar-refractivity contribution in [3.63, 3.8) is 0 Å². The van der Waals surface area contributed by atoms with Crippen molar-refractivity contribution in [2.75, 3.05) is 18.5 Å². The largest absolute Gasteiger partial charge is 0.494 e. The summed E-state index contributed by atoms with van der Waals surface area (Å²) in [7, 11) is 0. The van der Waals surface area contributed by atoms with Gasteiger partial charge in [-0.3, -0.25) is 0 Å². The van der Waals surface area contributed by atoms with Crippen LogP contribution in [0.1, 0.15) is 39.0 Å². The molecule has 0 spiro atoms. The lowest BCUT2D eigenvalue weighted by Crippen LogP contribution is -1.97. The third-order valence-electron chi connectivity index (χ3n) is 3.55. The van der Waals surface area contributed by atoms with Crippen molar-refractivity contribution in [2.45, 2.75) is 39.0 Å². The van der Waals surface area contributed by atoms with Crippen LogP contribution in [0.15, 0.2) is 36.4 Å². The van der Waals surface area contributed by atoms with Crippen LogP contribution in [0.2, 0.25) is 0 Å². The Kier molecular flexibility index (Phi) is 7.58. The molecule has 0 atom stereocenters. The summed E-state index contributed by atoms with van der Waals surface area (Å²) in [5.41, 5.74) is 0. The molecule has 0 saturated carbocycles. The standard InChI is InChI=1S/C19H25BrO2/c1-2-12-21-18-9-7-17-15-19(10-8-16(17)14-18)22-13-6-4-3-5-11-20/h7-10,14-15H,2-6,11-13H2,1H3. The van der Waals surface area contributed by atoms with Gasteiger partial charge in [0.05, 0.1) is 13.2 Å². The summed E-state index contributed by atoms with van der Waals surface area (Å²) in [6.45, 7) is 3.68. The van der Waals surface area contributed by atoms with Gasteiger partial charge in [0, 0.05) is 5.33 Å². The Labute approximate surface area is 141 Å². The highest BCUT2D eigenvalue weighted by Gasteiger charge is 2.00. The van der Waals surface area contributed by atoms with E-state index >= 15 is 0 Å². The van der Waals surface area contributed by atoms with Gasteiger partial charge in [0.15, 0.2) is 0 Å². The molecule has 3 heteroatoms. The number of rotatable bonds is 10. The van der Waals surface area contributed by atoms with Crippen LogP contribution in [0.3, 0.4) is 0 Å². The summed E-state index contributed by atoms with van der Waals surface area (Å²) in [4.78, 5) is 0. The Morgan fingerprint density at radius 2 is 1.36 bits per heavy atom. The number of benzene rings is 2. The molecule has 22 heavy (non-hydrogen) atoms. The molecule has 0 unspecified atom stereocenters. The normalized spacial score (nSPS) is 10.8. The fourth-order valence-corrected chi connectivity index (χ4v) is 2.74. The zero-order valence-electron chi connectivity index (χ0n) is 13.3. The molecular weight excluding hydrogens is 340 g/mol. The molecular formula is C19H25BrO2. The SMILES string of the molecule is CCCOc1ccc2cc(OCCCCCCBr)ccc2c1. The van der Waals surface area contributed by atoms with Crippen LogP contribution in [-0.4, -0.2) is 18.5 Å². The van der Waals surface area contributed by atoms with E-state index in [2.05, 4.69) is 47.1 Å². The molecule has 0 heterocycles. The zero-order valence-corrected chi connectivity index (χ0v) is 14.9. The van der Waals surface area contributed by atoms with Crippen LogP contribution in [-0.2, 0) is 0 Å². The smallest absolute Gasteiger partial charge is 0.119 e. The van der Waals surface area contributed by atoms with Gasteiger partial charge in [-0.05, 0) is 54.3 Å². The maximum absolute atomic E-state index is 5.85. The van der Waals surface area contributed by atoms with Crippen LogP contribution in [0, 0.1) is 0 Å². The van der Waals surface area contributed by atoms with Crippen molar-refractivity contribution in [3.8, 4) is 11.5 Å². The van der Waals surface area contributed by atoms with Gasteiger partial charge >= 0.3 is 0 Å². The van der Waals surface area contributed by atoms with E-state index < -0.39 is 0 Å². The molecule has 120 valence electrons. The van der Waals surface area contributed by atoms with Crippen molar-refractivity contribution in [1.29, 1.82) is 0 Å². The molecule has 0 N–H and O–H groups in total. The van der Waals surface area contributed by atoms with Crippen LogP contribution in [0.5, 0.6) is 11.5 Å². The molecule has 0 bridgehead atoms. The van der Waals surface area contributed by atoms with Crippen molar-refractivity contribution >= 4 is 26.7 Å². The number of unbranched alkanes of at least 4 members (excludes halogenated alkanes) is 3. The molecule has 0 aliphatic rings. The van der Waals surface area contributed by atoms with E-state index in [9.17, 15) is 0 Å². The Balaban J connectivity index is 1.87. The number of hydrogen-bond donors (Lipinski definition) is 0. The number of fused-ring (bicyclic) bond motifs is 1. The van der Waals surface area contributed by atoms with Crippen molar-refractivity contribution in [2.24, 2.45) is 0 Å². The summed E-state index contributed by atoms with van der Waals surface area (Å²) in [5.74, 6) is 1.89. The fraction of sp³-hybridized carbons (Fsp3) is 0.474. The first-order valence-corrected chi connectivity index (χ1v) is 9.31. The monoisotopic (exact) mass is 364 g/mol. The highest BCUT2D eigenvalue weighted by atomic mass is 79.9. The van der Waals surface area contributed by atoms with Gasteiger partial charge in [0.1, 0.15) is 11.5 Å². The van der Waals surface area contributed by atoms with E-state index in [0.717, 1.165) is 42.9 Å². The molecule has 2 aromatic carbocycles. The second kappa shape index (κ2) is 9.73. The van der Waals surface area contributed by atoms with Gasteiger partial charge in [-0.1, -0.05) is 47.8 Å². The lowest BCUT2D eigenvalue weighted by molar-refractivity contribution is 0.305. The molecule has 0 radical (unpaired) electrons. The summed E-state index contributed by atoms with van der Waals surface area (Å²) in [6, 6.07) is 12.5. The second-order valence-electron chi connectivity index (χ2n) is 5.47. The summed E-state index contributed by atoms with van der Waals surface area (Å²) in [6.07, 6.45) is 5.90. The summed E-state index contributed by atoms with van der Waals surface area (Å²) in [5, 5.41) is 3.49. The summed E-state index contributed by atoms with van der Waals surface area (Å²) < 4.78 is 11.5. The van der Waals surface area contributed by atoms with Gasteiger partial charge < -0.3 is 9.47 Å². The minimum atomic E-state index is 0.766. The average Bonchev–Trinajstić information content (AvgIpc) is 2.56. The predicted octanol–water partition coefficient (Wildman–Crippen LogP) is 5.96. The molecule has 0 aliphatic heterocycles. The number of halogens is 1. The van der Waals surface area contributed by atoms with Gasteiger partial charge in [0.25, 0.3) is 0 Å². The first kappa shape index (κ1) is 17.1. The second-order valence-corrected chi connectivity index (χ2v) is 6.26. The van der Waals surface area contributed by atoms with Crippen LogP contribution in [0.4, 0.5) is 0 Å². The van der Waals surface area contributed by atoms with E-state index in [1.807, 2.05) is 12.1 Å². The molecule has 0 aromatic heterocycles. The van der Waals surface area contributed by atoms with E-state index in [1.54, 1.807) is 0 Å². The molecule has 0 saturated heterocycles. The van der Waals surface area contributed by atoms with Crippen molar-refractivity contribution in [1.82, 2.24) is 0 Å². The minimum absolute atomic E-state index is 0.766. The van der Waals surface area contributed by atoms with Gasteiger partial charge in [-0.25, -0.2) is 0 Å². The van der Waals surface area contributed by atoms with E-state index in [1.165, 1.54) is 30.0 Å². The van der Waals surface area contributed by atoms with Gasteiger partial charge in [-0.15, -0.1) is 0 Å². The Hall–Kier alpha value is -1.22. The quantitative estimate of drug-likeness (QED) is 0.382. The van der Waals surface area contributed by atoms with Gasteiger partial charge in [-0.2, -0.15) is 0 Å². The summed E-state index contributed by atoms with van der Waals surface area (Å²) >= 11 is 3.46. The maximum Gasteiger partial charge on any atom is 0.119 e. The van der Waals surface area contributed by atoms with Crippen molar-refractivity contribution < 1.29 is 9.47 Å².